The summed E-state index contributed by atoms with van der Waals surface area (Å²) in [5, 5.41) is 22.5. The maximum absolute atomic E-state index is 12.1. The van der Waals surface area contributed by atoms with Crippen LogP contribution in [-0.2, 0) is 28.9 Å². The fraction of sp³-hybridized carbons (Fsp3) is 0.417. The molecule has 0 amide bonds. The largest absolute Gasteiger partial charge is 0.385 e. The van der Waals surface area contributed by atoms with E-state index in [0.717, 1.165) is 0 Å². The first-order valence-corrected chi connectivity index (χ1v) is 7.83. The summed E-state index contributed by atoms with van der Waals surface area (Å²) in [5.74, 6) is 0.310. The quantitative estimate of drug-likeness (QED) is 0.825. The highest BCUT2D eigenvalue weighted by Gasteiger charge is 2.41. The first-order valence-electron chi connectivity index (χ1n) is 6.18. The van der Waals surface area contributed by atoms with E-state index in [0.29, 0.717) is 11.4 Å². The molecular weight excluding hydrogens is 280 g/mol. The van der Waals surface area contributed by atoms with E-state index in [2.05, 4.69) is 15.4 Å². The molecule has 3 rings (SSSR count). The van der Waals surface area contributed by atoms with Gasteiger partial charge in [-0.3, -0.25) is 0 Å². The van der Waals surface area contributed by atoms with Gasteiger partial charge < -0.3 is 5.11 Å². The third-order valence-electron chi connectivity index (χ3n) is 3.51. The average molecular weight is 294 g/mol. The Hall–Kier alpha value is -1.80. The van der Waals surface area contributed by atoms with E-state index in [9.17, 15) is 13.5 Å². The Morgan fingerprint density at radius 1 is 1.40 bits per heavy atom. The zero-order valence-corrected chi connectivity index (χ0v) is 11.7. The maximum atomic E-state index is 12.1. The lowest BCUT2D eigenvalue weighted by Crippen LogP contribution is -2.37. The summed E-state index contributed by atoms with van der Waals surface area (Å²) in [6.45, 7) is 0. The Bertz CT molecular complexity index is 756. The van der Waals surface area contributed by atoms with Crippen molar-refractivity contribution in [2.24, 2.45) is 7.05 Å². The van der Waals surface area contributed by atoms with Crippen LogP contribution in [0.1, 0.15) is 17.8 Å². The first-order chi connectivity index (χ1) is 9.41. The van der Waals surface area contributed by atoms with E-state index in [1.165, 1.54) is 10.9 Å². The van der Waals surface area contributed by atoms with Crippen LogP contribution in [0.4, 0.5) is 0 Å². The summed E-state index contributed by atoms with van der Waals surface area (Å²) >= 11 is 0. The van der Waals surface area contributed by atoms with E-state index in [1.807, 2.05) is 0 Å². The van der Waals surface area contributed by atoms with Gasteiger partial charge in [0, 0.05) is 12.0 Å². The number of sulfone groups is 1. The highest BCUT2D eigenvalue weighted by Crippen LogP contribution is 2.38. The molecule has 0 radical (unpaired) electrons. The maximum Gasteiger partial charge on any atom is 0.178 e. The smallest absolute Gasteiger partial charge is 0.178 e. The molecule has 7 nitrogen and oxygen atoms in total. The van der Waals surface area contributed by atoms with Crippen LogP contribution in [0, 0.1) is 0 Å². The Balaban J connectivity index is 2.06. The lowest BCUT2D eigenvalue weighted by Gasteiger charge is -2.33. The van der Waals surface area contributed by atoms with Crippen LogP contribution >= 0.6 is 0 Å². The normalized spacial score (nSPS) is 24.3. The SMILES string of the molecule is Cn1nnc(CC2(O)CCS(=O)(=O)c3ccccc32)n1. The fourth-order valence-electron chi connectivity index (χ4n) is 2.51. The topological polar surface area (TPSA) is 98.0 Å². The number of hydrogen-bond donors (Lipinski definition) is 1. The predicted octanol–water partition coefficient (Wildman–Crippen LogP) is -0.182. The highest BCUT2D eigenvalue weighted by molar-refractivity contribution is 7.91. The number of tetrazole rings is 1. The Morgan fingerprint density at radius 3 is 2.85 bits per heavy atom. The number of aryl methyl sites for hydroxylation is 1. The molecule has 1 aromatic carbocycles. The van der Waals surface area contributed by atoms with Gasteiger partial charge in [0.25, 0.3) is 0 Å². The standard InChI is InChI=1S/C12H14N4O3S/c1-16-14-11(13-15-16)8-12(17)6-7-20(18,19)10-5-3-2-4-9(10)12/h2-5,17H,6-8H2,1H3. The molecule has 1 aliphatic rings. The van der Waals surface area contributed by atoms with Crippen molar-refractivity contribution in [3.8, 4) is 0 Å². The van der Waals surface area contributed by atoms with E-state index in [4.69, 9.17) is 0 Å². The minimum atomic E-state index is -3.32. The van der Waals surface area contributed by atoms with Crippen LogP contribution in [-0.4, -0.2) is 39.5 Å². The molecule has 1 aromatic heterocycles. The van der Waals surface area contributed by atoms with E-state index in [-0.39, 0.29) is 23.5 Å². The third kappa shape index (κ3) is 2.10. The molecule has 0 fully saturated rings. The number of hydrogen-bond acceptors (Lipinski definition) is 6. The molecule has 8 heteroatoms. The summed E-state index contributed by atoms with van der Waals surface area (Å²) in [7, 11) is -1.68. The average Bonchev–Trinajstić information content (AvgIpc) is 2.81. The van der Waals surface area contributed by atoms with Crippen LogP contribution in [0.5, 0.6) is 0 Å². The molecule has 0 aliphatic carbocycles. The molecule has 0 saturated heterocycles. The summed E-state index contributed by atoms with van der Waals surface area (Å²) < 4.78 is 24.1. The van der Waals surface area contributed by atoms with Crippen molar-refractivity contribution in [2.75, 3.05) is 5.75 Å². The molecular formula is C12H14N4O3S. The van der Waals surface area contributed by atoms with Crippen LogP contribution in [0.3, 0.4) is 0 Å². The highest BCUT2D eigenvalue weighted by atomic mass is 32.2. The van der Waals surface area contributed by atoms with Crippen molar-refractivity contribution >= 4 is 9.84 Å². The van der Waals surface area contributed by atoms with Crippen molar-refractivity contribution in [1.29, 1.82) is 0 Å². The van der Waals surface area contributed by atoms with Gasteiger partial charge in [0.2, 0.25) is 0 Å². The minimum Gasteiger partial charge on any atom is -0.385 e. The zero-order chi connectivity index (χ0) is 14.4. The molecule has 0 bridgehead atoms. The number of rotatable bonds is 2. The molecule has 0 saturated carbocycles. The van der Waals surface area contributed by atoms with Gasteiger partial charge in [0.05, 0.1) is 23.3 Å². The Labute approximate surface area is 116 Å². The lowest BCUT2D eigenvalue weighted by molar-refractivity contribution is 0.0262. The molecule has 1 unspecified atom stereocenters. The number of aromatic nitrogens is 4. The van der Waals surface area contributed by atoms with Crippen molar-refractivity contribution < 1.29 is 13.5 Å². The summed E-state index contributed by atoms with van der Waals surface area (Å²) in [4.78, 5) is 1.50. The molecule has 1 atom stereocenters. The van der Waals surface area contributed by atoms with Gasteiger partial charge in [-0.2, -0.15) is 4.80 Å². The minimum absolute atomic E-state index is 0.0826. The first kappa shape index (κ1) is 13.2. The second-order valence-corrected chi connectivity index (χ2v) is 7.05. The van der Waals surface area contributed by atoms with E-state index >= 15 is 0 Å². The van der Waals surface area contributed by atoms with Gasteiger partial charge >= 0.3 is 0 Å². The van der Waals surface area contributed by atoms with Gasteiger partial charge in [-0.15, -0.1) is 10.2 Å². The molecule has 2 heterocycles. The molecule has 1 aliphatic heterocycles. The summed E-state index contributed by atoms with van der Waals surface area (Å²) in [5.41, 5.74) is -0.857. The number of aliphatic hydroxyl groups is 1. The van der Waals surface area contributed by atoms with Crippen LogP contribution in [0.25, 0.3) is 0 Å². The van der Waals surface area contributed by atoms with Gasteiger partial charge in [0.1, 0.15) is 0 Å². The molecule has 1 N–H and O–H groups in total. The molecule has 0 spiro atoms. The second-order valence-electron chi connectivity index (χ2n) is 4.97. The lowest BCUT2D eigenvalue weighted by atomic mass is 9.87. The second kappa shape index (κ2) is 4.35. The predicted molar refractivity (Wildman–Crippen MR) is 69.5 cm³/mol. The summed E-state index contributed by atoms with van der Waals surface area (Å²) in [6.07, 6.45) is 0.276. The number of benzene rings is 1. The Morgan fingerprint density at radius 2 is 2.15 bits per heavy atom. The van der Waals surface area contributed by atoms with Crippen LogP contribution in [0.2, 0.25) is 0 Å². The van der Waals surface area contributed by atoms with Crippen LogP contribution in [0.15, 0.2) is 29.2 Å². The summed E-state index contributed by atoms with van der Waals surface area (Å²) in [6, 6.07) is 6.54. The number of fused-ring (bicyclic) bond motifs is 1. The molecule has 20 heavy (non-hydrogen) atoms. The van der Waals surface area contributed by atoms with E-state index in [1.54, 1.807) is 25.2 Å². The van der Waals surface area contributed by atoms with Gasteiger partial charge in [-0.25, -0.2) is 8.42 Å². The van der Waals surface area contributed by atoms with Gasteiger partial charge in [-0.05, 0) is 17.7 Å². The van der Waals surface area contributed by atoms with Crippen molar-refractivity contribution in [3.05, 3.63) is 35.7 Å². The van der Waals surface area contributed by atoms with Crippen molar-refractivity contribution in [1.82, 2.24) is 20.2 Å². The van der Waals surface area contributed by atoms with E-state index < -0.39 is 15.4 Å². The van der Waals surface area contributed by atoms with Gasteiger partial charge in [-0.1, -0.05) is 18.2 Å². The number of nitrogens with zero attached hydrogens (tertiary/aromatic N) is 4. The molecule has 2 aromatic rings. The fourth-order valence-corrected chi connectivity index (χ4v) is 4.21. The molecule has 106 valence electrons. The Kier molecular flexibility index (Phi) is 2.87. The van der Waals surface area contributed by atoms with Crippen LogP contribution < -0.4 is 0 Å². The third-order valence-corrected chi connectivity index (χ3v) is 5.28. The van der Waals surface area contributed by atoms with Crippen molar-refractivity contribution in [2.45, 2.75) is 23.3 Å². The van der Waals surface area contributed by atoms with Crippen molar-refractivity contribution in [3.63, 3.8) is 0 Å². The monoisotopic (exact) mass is 294 g/mol. The zero-order valence-electron chi connectivity index (χ0n) is 10.9. The van der Waals surface area contributed by atoms with Gasteiger partial charge in [0.15, 0.2) is 15.7 Å².